The van der Waals surface area contributed by atoms with Gasteiger partial charge in [-0.3, -0.25) is 0 Å². The first-order valence-corrected chi connectivity index (χ1v) is 8.88. The number of urea groups is 1. The van der Waals surface area contributed by atoms with Gasteiger partial charge in [0.25, 0.3) is 0 Å². The number of para-hydroxylation sites is 1. The molecular weight excluding hydrogens is 290 g/mol. The third-order valence-corrected chi connectivity index (χ3v) is 4.86. The second-order valence-corrected chi connectivity index (χ2v) is 7.16. The molecule has 1 saturated heterocycles. The van der Waals surface area contributed by atoms with E-state index in [-0.39, 0.29) is 12.1 Å². The van der Waals surface area contributed by atoms with Gasteiger partial charge in [0.1, 0.15) is 0 Å². The summed E-state index contributed by atoms with van der Waals surface area (Å²) in [6.45, 7) is 0.858. The largest absolute Gasteiger partial charge is 0.336 e. The molecule has 21 heavy (non-hydrogen) atoms. The van der Waals surface area contributed by atoms with Crippen LogP contribution in [0.4, 0.5) is 10.5 Å². The molecule has 1 aliphatic heterocycles. The molecule has 0 bridgehead atoms. The van der Waals surface area contributed by atoms with Crippen LogP contribution in [0.3, 0.4) is 0 Å². The summed E-state index contributed by atoms with van der Waals surface area (Å²) in [5.74, 6) is 0. The molecule has 0 aliphatic carbocycles. The highest BCUT2D eigenvalue weighted by molar-refractivity contribution is 7.88. The molecular formula is C14H21N3O3S. The van der Waals surface area contributed by atoms with Gasteiger partial charge in [0.15, 0.2) is 0 Å². The predicted octanol–water partition coefficient (Wildman–Crippen LogP) is 1.62. The van der Waals surface area contributed by atoms with Crippen molar-refractivity contribution in [3.63, 3.8) is 0 Å². The van der Waals surface area contributed by atoms with Gasteiger partial charge in [-0.1, -0.05) is 24.6 Å². The zero-order valence-electron chi connectivity index (χ0n) is 12.1. The number of carbonyl (C=O) groups excluding carboxylic acids is 1. The van der Waals surface area contributed by atoms with E-state index in [1.807, 2.05) is 18.2 Å². The van der Waals surface area contributed by atoms with Crippen molar-refractivity contribution in [3.8, 4) is 0 Å². The van der Waals surface area contributed by atoms with Gasteiger partial charge in [-0.2, -0.15) is 4.31 Å². The minimum atomic E-state index is -3.22. The predicted molar refractivity (Wildman–Crippen MR) is 82.7 cm³/mol. The van der Waals surface area contributed by atoms with E-state index in [0.717, 1.165) is 19.3 Å². The van der Waals surface area contributed by atoms with Crippen LogP contribution in [0.2, 0.25) is 0 Å². The Morgan fingerprint density at radius 2 is 2.00 bits per heavy atom. The Morgan fingerprint density at radius 3 is 2.67 bits per heavy atom. The van der Waals surface area contributed by atoms with Crippen molar-refractivity contribution in [2.45, 2.75) is 25.3 Å². The first kappa shape index (κ1) is 15.8. The number of hydrogen-bond donors (Lipinski definition) is 2. The van der Waals surface area contributed by atoms with Crippen LogP contribution in [0.5, 0.6) is 0 Å². The molecule has 0 spiro atoms. The van der Waals surface area contributed by atoms with Crippen LogP contribution in [0.25, 0.3) is 0 Å². The van der Waals surface area contributed by atoms with Crippen LogP contribution >= 0.6 is 0 Å². The first-order chi connectivity index (χ1) is 9.97. The maximum Gasteiger partial charge on any atom is 0.319 e. The fourth-order valence-electron chi connectivity index (χ4n) is 2.52. The first-order valence-electron chi connectivity index (χ1n) is 7.03. The van der Waals surface area contributed by atoms with E-state index in [1.54, 1.807) is 12.1 Å². The number of carbonyl (C=O) groups is 1. The van der Waals surface area contributed by atoms with Crippen LogP contribution in [-0.2, 0) is 10.0 Å². The van der Waals surface area contributed by atoms with E-state index in [2.05, 4.69) is 10.6 Å². The summed E-state index contributed by atoms with van der Waals surface area (Å²) in [4.78, 5) is 11.8. The molecule has 2 N–H and O–H groups in total. The second kappa shape index (κ2) is 6.91. The fraction of sp³-hybridized carbons (Fsp3) is 0.500. The summed E-state index contributed by atoms with van der Waals surface area (Å²) in [6, 6.07) is 8.65. The maximum atomic E-state index is 11.8. The summed E-state index contributed by atoms with van der Waals surface area (Å²) < 4.78 is 24.9. The van der Waals surface area contributed by atoms with Crippen LogP contribution in [0.15, 0.2) is 30.3 Å². The number of nitrogens with one attached hydrogen (secondary N) is 2. The number of nitrogens with zero attached hydrogens (tertiary/aromatic N) is 1. The minimum absolute atomic E-state index is 0.157. The van der Waals surface area contributed by atoms with Crippen molar-refractivity contribution < 1.29 is 13.2 Å². The van der Waals surface area contributed by atoms with Crippen LogP contribution in [0.1, 0.15) is 19.3 Å². The van der Waals surface area contributed by atoms with Crippen molar-refractivity contribution in [1.82, 2.24) is 9.62 Å². The number of anilines is 1. The lowest BCUT2D eigenvalue weighted by atomic mass is 10.1. The Morgan fingerprint density at radius 1 is 1.29 bits per heavy atom. The van der Waals surface area contributed by atoms with Crippen molar-refractivity contribution in [2.24, 2.45) is 0 Å². The molecule has 0 aromatic heterocycles. The molecule has 6 nitrogen and oxygen atoms in total. The van der Waals surface area contributed by atoms with Gasteiger partial charge in [0.2, 0.25) is 10.0 Å². The zero-order valence-corrected chi connectivity index (χ0v) is 12.9. The molecule has 116 valence electrons. The van der Waals surface area contributed by atoms with Gasteiger partial charge in [0.05, 0.1) is 6.26 Å². The summed E-state index contributed by atoms with van der Waals surface area (Å²) in [5, 5.41) is 5.46. The number of piperidine rings is 1. The Bertz CT molecular complexity index is 574. The van der Waals surface area contributed by atoms with Crippen LogP contribution in [0, 0.1) is 0 Å². The average molecular weight is 311 g/mol. The smallest absolute Gasteiger partial charge is 0.319 e. The normalized spacial score (nSPS) is 20.0. The van der Waals surface area contributed by atoms with Gasteiger partial charge in [-0.15, -0.1) is 0 Å². The molecule has 1 aromatic rings. The molecule has 1 atom stereocenters. The summed E-state index contributed by atoms with van der Waals surface area (Å²) in [5.41, 5.74) is 0.707. The van der Waals surface area contributed by atoms with E-state index in [0.29, 0.717) is 18.8 Å². The highest BCUT2D eigenvalue weighted by Gasteiger charge is 2.29. The van der Waals surface area contributed by atoms with Gasteiger partial charge in [-0.05, 0) is 25.0 Å². The van der Waals surface area contributed by atoms with Crippen molar-refractivity contribution >= 4 is 21.7 Å². The molecule has 2 amide bonds. The van der Waals surface area contributed by atoms with E-state index < -0.39 is 10.0 Å². The SMILES string of the molecule is CS(=O)(=O)N1CCCCC1CNC(=O)Nc1ccccc1. The van der Waals surface area contributed by atoms with E-state index in [1.165, 1.54) is 10.6 Å². The van der Waals surface area contributed by atoms with Gasteiger partial charge >= 0.3 is 6.03 Å². The molecule has 7 heteroatoms. The highest BCUT2D eigenvalue weighted by atomic mass is 32.2. The Kier molecular flexibility index (Phi) is 5.19. The lowest BCUT2D eigenvalue weighted by Crippen LogP contribution is -2.49. The molecule has 1 heterocycles. The zero-order chi connectivity index (χ0) is 15.3. The number of benzene rings is 1. The summed E-state index contributed by atoms with van der Waals surface area (Å²) in [6.07, 6.45) is 3.85. The molecule has 2 rings (SSSR count). The highest BCUT2D eigenvalue weighted by Crippen LogP contribution is 2.19. The molecule has 1 aromatic carbocycles. The molecule has 0 radical (unpaired) electrons. The average Bonchev–Trinajstić information content (AvgIpc) is 2.45. The fourth-order valence-corrected chi connectivity index (χ4v) is 3.70. The monoisotopic (exact) mass is 311 g/mol. The maximum absolute atomic E-state index is 11.8. The topological polar surface area (TPSA) is 78.5 Å². The van der Waals surface area contributed by atoms with Crippen LogP contribution in [-0.4, -0.2) is 44.1 Å². The Hall–Kier alpha value is -1.60. The third-order valence-electron chi connectivity index (χ3n) is 3.53. The van der Waals surface area contributed by atoms with Gasteiger partial charge < -0.3 is 10.6 Å². The Balaban J connectivity index is 1.87. The van der Waals surface area contributed by atoms with Crippen molar-refractivity contribution in [3.05, 3.63) is 30.3 Å². The number of amides is 2. The standard InChI is InChI=1S/C14H21N3O3S/c1-21(19,20)17-10-6-5-9-13(17)11-15-14(18)16-12-7-3-2-4-8-12/h2-4,7-8,13H,5-6,9-11H2,1H3,(H2,15,16,18). The van der Waals surface area contributed by atoms with Crippen LogP contribution < -0.4 is 10.6 Å². The summed E-state index contributed by atoms with van der Waals surface area (Å²) in [7, 11) is -3.22. The quantitative estimate of drug-likeness (QED) is 0.887. The second-order valence-electron chi connectivity index (χ2n) is 5.22. The van der Waals surface area contributed by atoms with Crippen molar-refractivity contribution in [1.29, 1.82) is 0 Å². The lowest BCUT2D eigenvalue weighted by molar-refractivity contribution is 0.232. The molecule has 0 saturated carbocycles. The number of sulfonamides is 1. The van der Waals surface area contributed by atoms with E-state index >= 15 is 0 Å². The number of hydrogen-bond acceptors (Lipinski definition) is 3. The number of rotatable bonds is 4. The Labute approximate surface area is 125 Å². The molecule has 1 aliphatic rings. The molecule has 1 unspecified atom stereocenters. The van der Waals surface area contributed by atoms with Gasteiger partial charge in [0, 0.05) is 24.8 Å². The summed E-state index contributed by atoms with van der Waals surface area (Å²) >= 11 is 0. The van der Waals surface area contributed by atoms with E-state index in [4.69, 9.17) is 0 Å². The minimum Gasteiger partial charge on any atom is -0.336 e. The molecule has 1 fully saturated rings. The van der Waals surface area contributed by atoms with E-state index in [9.17, 15) is 13.2 Å². The van der Waals surface area contributed by atoms with Crippen molar-refractivity contribution in [2.75, 3.05) is 24.7 Å². The van der Waals surface area contributed by atoms with Gasteiger partial charge in [-0.25, -0.2) is 13.2 Å². The lowest BCUT2D eigenvalue weighted by Gasteiger charge is -2.33. The third kappa shape index (κ3) is 4.71.